The summed E-state index contributed by atoms with van der Waals surface area (Å²) in [4.78, 5) is 34.7. The molecule has 8 heteroatoms. The number of ketones is 1. The number of amides is 1. The van der Waals surface area contributed by atoms with Crippen molar-refractivity contribution in [2.75, 3.05) is 7.11 Å². The van der Waals surface area contributed by atoms with Gasteiger partial charge in [-0.2, -0.15) is 13.2 Å². The van der Waals surface area contributed by atoms with Gasteiger partial charge in [0.1, 0.15) is 6.04 Å². The van der Waals surface area contributed by atoms with E-state index in [-0.39, 0.29) is 5.56 Å². The van der Waals surface area contributed by atoms with E-state index in [0.717, 1.165) is 12.7 Å². The van der Waals surface area contributed by atoms with Gasteiger partial charge in [-0.1, -0.05) is 23.8 Å². The maximum Gasteiger partial charge on any atom is 0.471 e. The summed E-state index contributed by atoms with van der Waals surface area (Å²) >= 11 is 0. The highest BCUT2D eigenvalue weighted by molar-refractivity contribution is 6.01. The number of nitrogens with one attached hydrogen (secondary N) is 1. The Morgan fingerprint density at radius 1 is 1.22 bits per heavy atom. The number of esters is 1. The van der Waals surface area contributed by atoms with Gasteiger partial charge >= 0.3 is 18.1 Å². The minimum atomic E-state index is -5.16. The van der Waals surface area contributed by atoms with Gasteiger partial charge in [0.05, 0.1) is 7.11 Å². The molecule has 0 heterocycles. The first kappa shape index (κ1) is 18.7. The number of methoxy groups -OCH3 is 1. The van der Waals surface area contributed by atoms with Crippen LogP contribution >= 0.6 is 0 Å². The van der Waals surface area contributed by atoms with Crippen LogP contribution in [0.2, 0.25) is 0 Å². The lowest BCUT2D eigenvalue weighted by Crippen LogP contribution is -2.48. The fourth-order valence-electron chi connectivity index (χ4n) is 2.00. The van der Waals surface area contributed by atoms with Crippen LogP contribution < -0.4 is 5.32 Å². The molecule has 1 rings (SSSR count). The number of benzene rings is 1. The summed E-state index contributed by atoms with van der Waals surface area (Å²) in [7, 11) is 0.955. The van der Waals surface area contributed by atoms with Crippen molar-refractivity contribution in [3.8, 4) is 0 Å². The van der Waals surface area contributed by atoms with Crippen molar-refractivity contribution >= 4 is 17.7 Å². The molecule has 126 valence electrons. The van der Waals surface area contributed by atoms with Crippen LogP contribution in [0.1, 0.15) is 27.9 Å². The van der Waals surface area contributed by atoms with Crippen LogP contribution in [0.3, 0.4) is 0 Å². The van der Waals surface area contributed by atoms with Crippen molar-refractivity contribution < 1.29 is 32.3 Å². The van der Waals surface area contributed by atoms with Crippen LogP contribution in [0.25, 0.3) is 0 Å². The molecule has 0 saturated heterocycles. The number of hydrogen-bond acceptors (Lipinski definition) is 4. The van der Waals surface area contributed by atoms with Gasteiger partial charge in [-0.05, 0) is 19.4 Å². The summed E-state index contributed by atoms with van der Waals surface area (Å²) in [6, 6.07) is 3.21. The Labute approximate surface area is 130 Å². The molecule has 0 unspecified atom stereocenters. The van der Waals surface area contributed by atoms with Gasteiger partial charge in [0.25, 0.3) is 0 Å². The highest BCUT2D eigenvalue weighted by Crippen LogP contribution is 2.17. The fraction of sp³-hybridized carbons (Fsp3) is 0.400. The van der Waals surface area contributed by atoms with Crippen molar-refractivity contribution in [3.05, 3.63) is 34.9 Å². The highest BCUT2D eigenvalue weighted by atomic mass is 19.4. The van der Waals surface area contributed by atoms with Crippen molar-refractivity contribution in [1.82, 2.24) is 5.32 Å². The highest BCUT2D eigenvalue weighted by Gasteiger charge is 2.41. The number of carbonyl (C=O) groups is 3. The first-order valence-corrected chi connectivity index (χ1v) is 6.62. The van der Waals surface area contributed by atoms with E-state index in [9.17, 15) is 27.6 Å². The van der Waals surface area contributed by atoms with Crippen LogP contribution in [0.5, 0.6) is 0 Å². The Balaban J connectivity index is 2.95. The first-order chi connectivity index (χ1) is 10.6. The standard InChI is InChI=1S/C15H16F3NO4/c1-8-4-5-10(9(2)6-8)12(20)7-11(13(21)23-3)19-14(22)15(16,17)18/h4-6,11H,7H2,1-3H3,(H,19,22)/t11-/m0/s1. The molecule has 0 aromatic heterocycles. The number of hydrogen-bond donors (Lipinski definition) is 1. The number of aryl methyl sites for hydroxylation is 2. The third-order valence-corrected chi connectivity index (χ3v) is 3.12. The summed E-state index contributed by atoms with van der Waals surface area (Å²) in [6.45, 7) is 3.49. The normalized spacial score (nSPS) is 12.4. The van der Waals surface area contributed by atoms with Gasteiger partial charge < -0.3 is 10.1 Å². The predicted molar refractivity (Wildman–Crippen MR) is 74.9 cm³/mol. The topological polar surface area (TPSA) is 72.5 Å². The van der Waals surface area contributed by atoms with Crippen molar-refractivity contribution in [2.45, 2.75) is 32.5 Å². The molecule has 1 N–H and O–H groups in total. The van der Waals surface area contributed by atoms with E-state index in [0.29, 0.717) is 5.56 Å². The lowest BCUT2D eigenvalue weighted by atomic mass is 9.98. The van der Waals surface area contributed by atoms with Gasteiger partial charge in [-0.25, -0.2) is 4.79 Å². The molecule has 0 bridgehead atoms. The van der Waals surface area contributed by atoms with Crippen LogP contribution in [-0.2, 0) is 14.3 Å². The molecule has 0 fully saturated rings. The second kappa shape index (κ2) is 7.26. The zero-order chi connectivity index (χ0) is 17.8. The molecule has 1 atom stereocenters. The third kappa shape index (κ3) is 5.08. The first-order valence-electron chi connectivity index (χ1n) is 6.62. The second-order valence-corrected chi connectivity index (χ2v) is 4.99. The zero-order valence-electron chi connectivity index (χ0n) is 12.8. The Bertz CT molecular complexity index is 626. The van der Waals surface area contributed by atoms with Gasteiger partial charge in [-0.3, -0.25) is 9.59 Å². The maximum absolute atomic E-state index is 12.3. The van der Waals surface area contributed by atoms with Gasteiger partial charge in [0.2, 0.25) is 0 Å². The zero-order valence-corrected chi connectivity index (χ0v) is 12.8. The average Bonchev–Trinajstić information content (AvgIpc) is 2.44. The molecule has 1 amide bonds. The van der Waals surface area contributed by atoms with Crippen LogP contribution in [-0.4, -0.2) is 37.0 Å². The third-order valence-electron chi connectivity index (χ3n) is 3.12. The molecule has 0 spiro atoms. The second-order valence-electron chi connectivity index (χ2n) is 4.99. The van der Waals surface area contributed by atoms with E-state index in [1.807, 2.05) is 6.92 Å². The predicted octanol–water partition coefficient (Wildman–Crippen LogP) is 2.10. The summed E-state index contributed by atoms with van der Waals surface area (Å²) in [5.41, 5.74) is 1.81. The summed E-state index contributed by atoms with van der Waals surface area (Å²) < 4.78 is 41.2. The van der Waals surface area contributed by atoms with E-state index in [2.05, 4.69) is 4.74 Å². The molecule has 5 nitrogen and oxygen atoms in total. The molecule has 0 radical (unpaired) electrons. The summed E-state index contributed by atoms with van der Waals surface area (Å²) in [6.07, 6.45) is -5.78. The molecule has 0 aliphatic rings. The Morgan fingerprint density at radius 3 is 2.30 bits per heavy atom. The van der Waals surface area contributed by atoms with Gasteiger partial charge in [-0.15, -0.1) is 0 Å². The minimum Gasteiger partial charge on any atom is -0.467 e. The van der Waals surface area contributed by atoms with Crippen molar-refractivity contribution in [1.29, 1.82) is 0 Å². The fourth-order valence-corrected chi connectivity index (χ4v) is 2.00. The SMILES string of the molecule is COC(=O)[C@H](CC(=O)c1ccc(C)cc1C)NC(=O)C(F)(F)F. The largest absolute Gasteiger partial charge is 0.471 e. The van der Waals surface area contributed by atoms with E-state index in [1.54, 1.807) is 19.1 Å². The lowest BCUT2D eigenvalue weighted by molar-refractivity contribution is -0.175. The smallest absolute Gasteiger partial charge is 0.467 e. The molecule has 0 saturated carbocycles. The number of rotatable bonds is 5. The van der Waals surface area contributed by atoms with Crippen molar-refractivity contribution in [2.24, 2.45) is 0 Å². The maximum atomic E-state index is 12.3. The van der Waals surface area contributed by atoms with Crippen LogP contribution in [0.15, 0.2) is 18.2 Å². The Kier molecular flexibility index (Phi) is 5.89. The lowest BCUT2D eigenvalue weighted by Gasteiger charge is -2.17. The summed E-state index contributed by atoms with van der Waals surface area (Å²) in [5.74, 6) is -4.00. The van der Waals surface area contributed by atoms with E-state index >= 15 is 0 Å². The number of Topliss-reactive ketones (excluding diaryl/α,β-unsaturated/α-hetero) is 1. The monoisotopic (exact) mass is 331 g/mol. The van der Waals surface area contributed by atoms with E-state index < -0.39 is 36.3 Å². The van der Waals surface area contributed by atoms with Crippen LogP contribution in [0.4, 0.5) is 13.2 Å². The number of alkyl halides is 3. The minimum absolute atomic E-state index is 0.269. The number of ether oxygens (including phenoxy) is 1. The molecule has 0 aliphatic carbocycles. The van der Waals surface area contributed by atoms with E-state index in [4.69, 9.17) is 0 Å². The van der Waals surface area contributed by atoms with E-state index in [1.165, 1.54) is 11.4 Å². The number of carbonyl (C=O) groups excluding carboxylic acids is 3. The molecule has 23 heavy (non-hydrogen) atoms. The molecular weight excluding hydrogens is 315 g/mol. The van der Waals surface area contributed by atoms with Gasteiger partial charge in [0, 0.05) is 12.0 Å². The summed E-state index contributed by atoms with van der Waals surface area (Å²) in [5, 5.41) is 1.48. The van der Waals surface area contributed by atoms with Crippen LogP contribution in [0, 0.1) is 13.8 Å². The van der Waals surface area contributed by atoms with Crippen molar-refractivity contribution in [3.63, 3.8) is 0 Å². The average molecular weight is 331 g/mol. The van der Waals surface area contributed by atoms with Gasteiger partial charge in [0.15, 0.2) is 5.78 Å². The molecular formula is C15H16F3NO4. The number of halogens is 3. The quantitative estimate of drug-likeness (QED) is 0.662. The molecule has 1 aromatic carbocycles. The Morgan fingerprint density at radius 2 is 1.83 bits per heavy atom. The molecule has 1 aromatic rings. The molecule has 0 aliphatic heterocycles. The Hall–Kier alpha value is -2.38.